The molecule has 0 radical (unpaired) electrons. The predicted octanol–water partition coefficient (Wildman–Crippen LogP) is 4.75. The van der Waals surface area contributed by atoms with Gasteiger partial charge in [-0.05, 0) is 61.5 Å². The second kappa shape index (κ2) is 7.87. The van der Waals surface area contributed by atoms with Crippen LogP contribution in [-0.2, 0) is 9.59 Å². The number of aliphatic hydroxyl groups excluding tert-OH is 1. The van der Waals surface area contributed by atoms with Crippen LogP contribution in [0.4, 0.5) is 5.69 Å². The largest absolute Gasteiger partial charge is 0.507 e. The van der Waals surface area contributed by atoms with Gasteiger partial charge in [0.05, 0.1) is 5.57 Å². The number of hydrogen-bond acceptors (Lipinski definition) is 6. The number of rotatable bonds is 3. The quantitative estimate of drug-likeness (QED) is 0.320. The molecule has 3 heterocycles. The topological polar surface area (TPSA) is 89.2 Å². The summed E-state index contributed by atoms with van der Waals surface area (Å²) in [6, 6.07) is 14.4. The number of halogens is 1. The zero-order valence-corrected chi connectivity index (χ0v) is 18.6. The van der Waals surface area contributed by atoms with E-state index >= 15 is 0 Å². The van der Waals surface area contributed by atoms with Gasteiger partial charge in [0.15, 0.2) is 11.5 Å². The van der Waals surface area contributed by atoms with Crippen molar-refractivity contribution in [1.82, 2.24) is 0 Å². The van der Waals surface area contributed by atoms with Gasteiger partial charge in [0.1, 0.15) is 36.5 Å². The molecule has 0 spiro atoms. The zero-order valence-electron chi connectivity index (χ0n) is 17.0. The third kappa shape index (κ3) is 3.36. The van der Waals surface area contributed by atoms with Crippen molar-refractivity contribution in [2.75, 3.05) is 18.1 Å². The molecule has 2 aliphatic rings. The van der Waals surface area contributed by atoms with E-state index in [2.05, 4.69) is 15.9 Å². The number of Topliss-reactive ketones (excluding diaryl/α,β-unsaturated/α-hetero) is 1. The maximum absolute atomic E-state index is 13.1. The number of nitrogens with zero attached hydrogens (tertiary/aromatic N) is 1. The Kier molecular flexibility index (Phi) is 5.01. The van der Waals surface area contributed by atoms with Crippen LogP contribution in [0.15, 0.2) is 69.1 Å². The van der Waals surface area contributed by atoms with E-state index in [-0.39, 0.29) is 11.3 Å². The minimum Gasteiger partial charge on any atom is -0.507 e. The highest BCUT2D eigenvalue weighted by Gasteiger charge is 2.48. The van der Waals surface area contributed by atoms with Gasteiger partial charge >= 0.3 is 0 Å². The molecule has 0 saturated carbocycles. The van der Waals surface area contributed by atoms with E-state index in [0.29, 0.717) is 47.5 Å². The number of carbonyl (C=O) groups is 2. The summed E-state index contributed by atoms with van der Waals surface area (Å²) >= 11 is 3.38. The van der Waals surface area contributed by atoms with Crippen molar-refractivity contribution in [3.63, 3.8) is 0 Å². The summed E-state index contributed by atoms with van der Waals surface area (Å²) in [4.78, 5) is 27.6. The highest BCUT2D eigenvalue weighted by atomic mass is 79.9. The first-order chi connectivity index (χ1) is 15.4. The molecule has 3 aromatic rings. The SMILES string of the molecule is Cc1ccc(C2/C(=C(/O)c3ccc4c(c3)OCCO4)C(=O)C(=O)N2c2ccc(Br)cc2)o1. The molecule has 1 unspecified atom stereocenters. The molecule has 1 N–H and O–H groups in total. The normalized spacial score (nSPS) is 19.4. The van der Waals surface area contributed by atoms with Crippen molar-refractivity contribution in [3.05, 3.63) is 81.7 Å². The van der Waals surface area contributed by atoms with Crippen LogP contribution in [0, 0.1) is 6.92 Å². The Balaban J connectivity index is 1.68. The van der Waals surface area contributed by atoms with Gasteiger partial charge < -0.3 is 19.0 Å². The van der Waals surface area contributed by atoms with Crippen molar-refractivity contribution in [2.24, 2.45) is 0 Å². The number of carbonyl (C=O) groups excluding carboxylic acids is 2. The molecule has 162 valence electrons. The van der Waals surface area contributed by atoms with Gasteiger partial charge in [0.25, 0.3) is 11.7 Å². The Morgan fingerprint density at radius 1 is 1.00 bits per heavy atom. The molecule has 5 rings (SSSR count). The number of aryl methyl sites for hydroxylation is 1. The summed E-state index contributed by atoms with van der Waals surface area (Å²) in [7, 11) is 0. The number of furan rings is 1. The fourth-order valence-electron chi connectivity index (χ4n) is 3.92. The van der Waals surface area contributed by atoms with Crippen molar-refractivity contribution in [2.45, 2.75) is 13.0 Å². The average molecular weight is 496 g/mol. The number of amides is 1. The van der Waals surface area contributed by atoms with Crippen molar-refractivity contribution in [1.29, 1.82) is 0 Å². The molecule has 7 nitrogen and oxygen atoms in total. The molecular formula is C24H18BrNO6. The molecule has 1 amide bonds. The van der Waals surface area contributed by atoms with Gasteiger partial charge in [-0.15, -0.1) is 0 Å². The summed E-state index contributed by atoms with van der Waals surface area (Å²) in [5, 5.41) is 11.2. The van der Waals surface area contributed by atoms with Crippen molar-refractivity contribution < 1.29 is 28.6 Å². The lowest BCUT2D eigenvalue weighted by Gasteiger charge is -2.23. The molecule has 1 atom stereocenters. The highest BCUT2D eigenvalue weighted by molar-refractivity contribution is 9.10. The van der Waals surface area contributed by atoms with Gasteiger partial charge in [0, 0.05) is 15.7 Å². The van der Waals surface area contributed by atoms with E-state index < -0.39 is 17.7 Å². The number of aliphatic hydroxyl groups is 1. The van der Waals surface area contributed by atoms with Gasteiger partial charge in [-0.25, -0.2) is 0 Å². The van der Waals surface area contributed by atoms with Crippen LogP contribution < -0.4 is 14.4 Å². The van der Waals surface area contributed by atoms with Gasteiger partial charge in [-0.3, -0.25) is 14.5 Å². The second-order valence-electron chi connectivity index (χ2n) is 7.45. The third-order valence-corrected chi connectivity index (χ3v) is 5.92. The average Bonchev–Trinajstić information content (AvgIpc) is 3.34. The molecular weight excluding hydrogens is 478 g/mol. The number of benzene rings is 2. The number of hydrogen-bond donors (Lipinski definition) is 1. The highest BCUT2D eigenvalue weighted by Crippen LogP contribution is 2.43. The zero-order chi connectivity index (χ0) is 22.4. The lowest BCUT2D eigenvalue weighted by atomic mass is 9.99. The lowest BCUT2D eigenvalue weighted by molar-refractivity contribution is -0.132. The summed E-state index contributed by atoms with van der Waals surface area (Å²) in [5.74, 6) is 0.183. The number of ketones is 1. The summed E-state index contributed by atoms with van der Waals surface area (Å²) in [5.41, 5.74) is 0.802. The van der Waals surface area contributed by atoms with Crippen LogP contribution in [0.2, 0.25) is 0 Å². The Morgan fingerprint density at radius 2 is 1.72 bits per heavy atom. The van der Waals surface area contributed by atoms with Crippen LogP contribution in [0.25, 0.3) is 5.76 Å². The van der Waals surface area contributed by atoms with E-state index in [4.69, 9.17) is 13.9 Å². The van der Waals surface area contributed by atoms with E-state index in [1.807, 2.05) is 0 Å². The molecule has 32 heavy (non-hydrogen) atoms. The van der Waals surface area contributed by atoms with E-state index in [1.165, 1.54) is 4.90 Å². The number of fused-ring (bicyclic) bond motifs is 1. The smallest absolute Gasteiger partial charge is 0.300 e. The fourth-order valence-corrected chi connectivity index (χ4v) is 4.18. The fraction of sp³-hybridized carbons (Fsp3) is 0.167. The Hall–Kier alpha value is -3.52. The lowest BCUT2D eigenvalue weighted by Crippen LogP contribution is -2.29. The first-order valence-corrected chi connectivity index (χ1v) is 10.8. The van der Waals surface area contributed by atoms with E-state index in [9.17, 15) is 14.7 Å². The van der Waals surface area contributed by atoms with Gasteiger partial charge in [0.2, 0.25) is 0 Å². The van der Waals surface area contributed by atoms with E-state index in [1.54, 1.807) is 61.5 Å². The molecule has 1 aromatic heterocycles. The van der Waals surface area contributed by atoms with E-state index in [0.717, 1.165) is 4.47 Å². The Labute approximate surface area is 192 Å². The maximum Gasteiger partial charge on any atom is 0.300 e. The van der Waals surface area contributed by atoms with Crippen molar-refractivity contribution >= 4 is 39.1 Å². The molecule has 8 heteroatoms. The Bertz CT molecular complexity index is 1260. The molecule has 1 fully saturated rings. The second-order valence-corrected chi connectivity index (χ2v) is 8.37. The minimum absolute atomic E-state index is 0.0519. The van der Waals surface area contributed by atoms with Gasteiger partial charge in [-0.2, -0.15) is 0 Å². The van der Waals surface area contributed by atoms with Crippen LogP contribution in [0.5, 0.6) is 11.5 Å². The summed E-state index contributed by atoms with van der Waals surface area (Å²) in [6.45, 7) is 2.60. The number of anilines is 1. The third-order valence-electron chi connectivity index (χ3n) is 5.40. The first-order valence-electron chi connectivity index (χ1n) is 9.97. The first kappa shape index (κ1) is 20.4. The minimum atomic E-state index is -0.918. The molecule has 2 aromatic carbocycles. The van der Waals surface area contributed by atoms with Crippen molar-refractivity contribution in [3.8, 4) is 11.5 Å². The summed E-state index contributed by atoms with van der Waals surface area (Å²) in [6.07, 6.45) is 0. The molecule has 1 saturated heterocycles. The molecule has 0 aliphatic carbocycles. The van der Waals surface area contributed by atoms with Crippen LogP contribution in [0.3, 0.4) is 0 Å². The number of ether oxygens (including phenoxy) is 2. The molecule has 2 aliphatic heterocycles. The Morgan fingerprint density at radius 3 is 2.41 bits per heavy atom. The standard InChI is InChI=1S/C24H18BrNO6/c1-13-2-8-18(32-13)21-20(22(27)14-3-9-17-19(12-14)31-11-10-30-17)23(28)24(29)26(21)16-6-4-15(25)5-7-16/h2-9,12,21,27H,10-11H2,1H3/b22-20-. The monoisotopic (exact) mass is 495 g/mol. The van der Waals surface area contributed by atoms with Crippen LogP contribution >= 0.6 is 15.9 Å². The molecule has 0 bridgehead atoms. The van der Waals surface area contributed by atoms with Crippen LogP contribution in [0.1, 0.15) is 23.1 Å². The summed E-state index contributed by atoms with van der Waals surface area (Å²) < 4.78 is 17.8. The maximum atomic E-state index is 13.1. The van der Waals surface area contributed by atoms with Gasteiger partial charge in [-0.1, -0.05) is 15.9 Å². The predicted molar refractivity (Wildman–Crippen MR) is 120 cm³/mol. The van der Waals surface area contributed by atoms with Crippen LogP contribution in [-0.4, -0.2) is 30.0 Å².